The Morgan fingerprint density at radius 3 is 2.63 bits per heavy atom. The highest BCUT2D eigenvalue weighted by molar-refractivity contribution is 5.47. The van der Waals surface area contributed by atoms with E-state index in [4.69, 9.17) is 11.0 Å². The van der Waals surface area contributed by atoms with Crippen molar-refractivity contribution in [2.24, 2.45) is 5.73 Å². The first-order valence-corrected chi connectivity index (χ1v) is 8.47. The molecule has 0 spiro atoms. The predicted octanol–water partition coefficient (Wildman–Crippen LogP) is 3.34. The number of hydrogen-bond donors (Lipinski definition) is 1. The van der Waals surface area contributed by atoms with Crippen molar-refractivity contribution >= 4 is 0 Å². The van der Waals surface area contributed by atoms with Crippen LogP contribution in [0.4, 0.5) is 4.39 Å². The highest BCUT2D eigenvalue weighted by Crippen LogP contribution is 2.16. The monoisotopic (exact) mass is 361 g/mol. The topological polar surface area (TPSA) is 80.5 Å². The molecule has 0 fully saturated rings. The summed E-state index contributed by atoms with van der Waals surface area (Å²) >= 11 is 0. The Balaban J connectivity index is 0.000000596. The lowest BCUT2D eigenvalue weighted by Gasteiger charge is -2.05. The van der Waals surface area contributed by atoms with Gasteiger partial charge in [0.25, 0.3) is 0 Å². The number of pyridine rings is 1. The van der Waals surface area contributed by atoms with E-state index in [-0.39, 0.29) is 5.56 Å². The SMILES string of the molecule is CCCN.Cc1c(C#Cc2ccccn2)cnn1-c1cc(F)cc(C#N)c1. The normalized spacial score (nSPS) is 9.44. The van der Waals surface area contributed by atoms with Gasteiger partial charge in [-0.05, 0) is 56.1 Å². The third-order valence-corrected chi connectivity index (χ3v) is 3.54. The highest BCUT2D eigenvalue weighted by atomic mass is 19.1. The lowest BCUT2D eigenvalue weighted by molar-refractivity contribution is 0.624. The second-order valence-electron chi connectivity index (χ2n) is 5.62. The van der Waals surface area contributed by atoms with Crippen LogP contribution >= 0.6 is 0 Å². The van der Waals surface area contributed by atoms with Gasteiger partial charge in [0.1, 0.15) is 11.5 Å². The van der Waals surface area contributed by atoms with E-state index < -0.39 is 5.82 Å². The van der Waals surface area contributed by atoms with Gasteiger partial charge in [-0.3, -0.25) is 0 Å². The average Bonchev–Trinajstić information content (AvgIpc) is 3.07. The number of benzene rings is 1. The maximum Gasteiger partial charge on any atom is 0.126 e. The molecule has 5 nitrogen and oxygen atoms in total. The van der Waals surface area contributed by atoms with Gasteiger partial charge >= 0.3 is 0 Å². The van der Waals surface area contributed by atoms with E-state index in [2.05, 4.69) is 28.8 Å². The molecule has 0 amide bonds. The first-order valence-electron chi connectivity index (χ1n) is 8.47. The second-order valence-corrected chi connectivity index (χ2v) is 5.62. The van der Waals surface area contributed by atoms with Crippen LogP contribution in [0.15, 0.2) is 48.8 Å². The van der Waals surface area contributed by atoms with E-state index in [0.29, 0.717) is 11.4 Å². The standard InChI is InChI=1S/C18H11FN4.C3H9N/c1-13-15(5-6-17-4-2-3-7-21-17)12-22-23(13)18-9-14(11-20)8-16(19)10-18;1-2-3-4/h2-4,7-10,12H,1H3;2-4H2,1H3. The summed E-state index contributed by atoms with van der Waals surface area (Å²) in [6.45, 7) is 4.71. The van der Waals surface area contributed by atoms with Gasteiger partial charge in [-0.25, -0.2) is 14.1 Å². The van der Waals surface area contributed by atoms with Crippen molar-refractivity contribution in [2.75, 3.05) is 6.54 Å². The molecule has 6 heteroatoms. The van der Waals surface area contributed by atoms with Crippen molar-refractivity contribution in [1.29, 1.82) is 5.26 Å². The number of aromatic nitrogens is 3. The van der Waals surface area contributed by atoms with E-state index in [1.54, 1.807) is 23.1 Å². The molecule has 2 N–H and O–H groups in total. The zero-order chi connectivity index (χ0) is 19.6. The summed E-state index contributed by atoms with van der Waals surface area (Å²) in [6.07, 6.45) is 4.39. The molecule has 0 saturated carbocycles. The molecule has 3 rings (SSSR count). The molecular formula is C21H20FN5. The first kappa shape index (κ1) is 19.8. The van der Waals surface area contributed by atoms with Crippen LogP contribution in [-0.4, -0.2) is 21.3 Å². The quantitative estimate of drug-likeness (QED) is 0.710. The van der Waals surface area contributed by atoms with Gasteiger partial charge in [-0.1, -0.05) is 18.9 Å². The smallest absolute Gasteiger partial charge is 0.126 e. The van der Waals surface area contributed by atoms with Crippen molar-refractivity contribution in [3.05, 3.63) is 77.1 Å². The van der Waals surface area contributed by atoms with E-state index >= 15 is 0 Å². The van der Waals surface area contributed by atoms with E-state index in [9.17, 15) is 4.39 Å². The molecule has 1 aromatic carbocycles. The van der Waals surface area contributed by atoms with E-state index in [0.717, 1.165) is 24.2 Å². The van der Waals surface area contributed by atoms with Crippen LogP contribution in [0.2, 0.25) is 0 Å². The van der Waals surface area contributed by atoms with Crippen molar-refractivity contribution in [1.82, 2.24) is 14.8 Å². The van der Waals surface area contributed by atoms with E-state index in [1.807, 2.05) is 31.2 Å². The molecule has 2 heterocycles. The Labute approximate surface area is 158 Å². The van der Waals surface area contributed by atoms with Crippen LogP contribution in [0, 0.1) is 35.9 Å². The third kappa shape index (κ3) is 5.50. The summed E-state index contributed by atoms with van der Waals surface area (Å²) < 4.78 is 15.1. The van der Waals surface area contributed by atoms with Crippen molar-refractivity contribution in [3.63, 3.8) is 0 Å². The molecule has 136 valence electrons. The fraction of sp³-hybridized carbons (Fsp3) is 0.190. The largest absolute Gasteiger partial charge is 0.330 e. The number of nitrogens with zero attached hydrogens (tertiary/aromatic N) is 4. The van der Waals surface area contributed by atoms with Gasteiger partial charge in [-0.2, -0.15) is 10.4 Å². The summed E-state index contributed by atoms with van der Waals surface area (Å²) in [6, 6.07) is 11.5. The summed E-state index contributed by atoms with van der Waals surface area (Å²) in [7, 11) is 0. The van der Waals surface area contributed by atoms with Crippen molar-refractivity contribution < 1.29 is 4.39 Å². The Kier molecular flexibility index (Phi) is 7.25. The molecule has 0 bridgehead atoms. The Morgan fingerprint density at radius 1 is 1.22 bits per heavy atom. The average molecular weight is 361 g/mol. The molecule has 0 saturated heterocycles. The Morgan fingerprint density at radius 2 is 2.00 bits per heavy atom. The van der Waals surface area contributed by atoms with Crippen molar-refractivity contribution in [2.45, 2.75) is 20.3 Å². The molecule has 27 heavy (non-hydrogen) atoms. The number of halogens is 1. The summed E-state index contributed by atoms with van der Waals surface area (Å²) in [4.78, 5) is 4.14. The molecule has 0 radical (unpaired) electrons. The van der Waals surface area contributed by atoms with Gasteiger partial charge in [0.15, 0.2) is 0 Å². The van der Waals surface area contributed by atoms with Gasteiger partial charge in [0, 0.05) is 6.20 Å². The maximum absolute atomic E-state index is 13.6. The molecule has 3 aromatic rings. The fourth-order valence-electron chi connectivity index (χ4n) is 2.12. The van der Waals surface area contributed by atoms with Crippen LogP contribution in [0.3, 0.4) is 0 Å². The highest BCUT2D eigenvalue weighted by Gasteiger charge is 2.09. The summed E-state index contributed by atoms with van der Waals surface area (Å²) in [5, 5.41) is 13.2. The third-order valence-electron chi connectivity index (χ3n) is 3.54. The molecule has 0 aliphatic rings. The Bertz CT molecular complexity index is 989. The Hall–Kier alpha value is -3.48. The fourth-order valence-corrected chi connectivity index (χ4v) is 2.12. The van der Waals surface area contributed by atoms with Crippen LogP contribution < -0.4 is 5.73 Å². The molecular weight excluding hydrogens is 341 g/mol. The lowest BCUT2D eigenvalue weighted by atomic mass is 10.2. The van der Waals surface area contributed by atoms with Gasteiger partial charge in [0.05, 0.1) is 34.8 Å². The zero-order valence-electron chi connectivity index (χ0n) is 15.3. The molecule has 0 aliphatic carbocycles. The number of nitriles is 1. The van der Waals surface area contributed by atoms with E-state index in [1.165, 1.54) is 12.1 Å². The minimum atomic E-state index is -0.477. The number of rotatable bonds is 2. The summed E-state index contributed by atoms with van der Waals surface area (Å²) in [5.41, 5.74) is 7.92. The predicted molar refractivity (Wildman–Crippen MR) is 103 cm³/mol. The zero-order valence-corrected chi connectivity index (χ0v) is 15.3. The minimum absolute atomic E-state index is 0.246. The first-order chi connectivity index (χ1) is 13.1. The maximum atomic E-state index is 13.6. The van der Waals surface area contributed by atoms with Gasteiger partial charge in [-0.15, -0.1) is 0 Å². The van der Waals surface area contributed by atoms with Gasteiger partial charge < -0.3 is 5.73 Å². The minimum Gasteiger partial charge on any atom is -0.330 e. The molecule has 0 aliphatic heterocycles. The molecule has 2 aromatic heterocycles. The second kappa shape index (κ2) is 9.86. The van der Waals surface area contributed by atoms with Crippen LogP contribution in [0.25, 0.3) is 5.69 Å². The number of nitrogens with two attached hydrogens (primary N) is 1. The number of hydrogen-bond acceptors (Lipinski definition) is 4. The lowest BCUT2D eigenvalue weighted by Crippen LogP contribution is -2.00. The van der Waals surface area contributed by atoms with Crippen LogP contribution in [0.1, 0.15) is 35.9 Å². The van der Waals surface area contributed by atoms with Gasteiger partial charge in [0.2, 0.25) is 0 Å². The molecule has 0 atom stereocenters. The van der Waals surface area contributed by atoms with Crippen LogP contribution in [-0.2, 0) is 0 Å². The molecule has 0 unspecified atom stereocenters. The summed E-state index contributed by atoms with van der Waals surface area (Å²) in [5.74, 6) is 5.49. The van der Waals surface area contributed by atoms with Crippen LogP contribution in [0.5, 0.6) is 0 Å². The van der Waals surface area contributed by atoms with Crippen molar-refractivity contribution in [3.8, 4) is 23.6 Å².